The number of rotatable bonds is 5. The van der Waals surface area contributed by atoms with Crippen LogP contribution >= 0.6 is 0 Å². The van der Waals surface area contributed by atoms with Crippen LogP contribution in [0.15, 0.2) is 0 Å². The molecule has 0 bridgehead atoms. The summed E-state index contributed by atoms with van der Waals surface area (Å²) in [4.78, 5) is 20.5. The van der Waals surface area contributed by atoms with Gasteiger partial charge in [0.15, 0.2) is 5.92 Å². The third-order valence-corrected chi connectivity index (χ3v) is 1.28. The number of carboxylic acids is 2. The molecule has 0 saturated heterocycles. The van der Waals surface area contributed by atoms with E-state index in [-0.39, 0.29) is 68.4 Å². The number of nitrogens with one attached hydrogen (secondary N) is 1. The first-order chi connectivity index (χ1) is 5.09. The van der Waals surface area contributed by atoms with Gasteiger partial charge in [0.1, 0.15) is 0 Å². The molecule has 68 valence electrons. The molecule has 0 aromatic heterocycles. The zero-order valence-electron chi connectivity index (χ0n) is 10.2. The second kappa shape index (κ2) is 11.0. The van der Waals surface area contributed by atoms with Crippen LogP contribution < -0.4 is 64.4 Å². The predicted octanol–water partition coefficient (Wildman–Crippen LogP) is -6.39. The van der Waals surface area contributed by atoms with Crippen molar-refractivity contribution in [3.63, 3.8) is 0 Å². The standard InChI is InChI=1S/C6H11NO4.2Na.2H/c1-7-3-2-4(5(8)9)6(10)11;;;;/h4,7H,2-3H2,1H3,(H,8,9)(H,10,11);;;;/q;2*+1;2*-1. The van der Waals surface area contributed by atoms with Crippen LogP contribution in [0.2, 0.25) is 0 Å². The quantitative estimate of drug-likeness (QED) is 0.310. The molecule has 0 amide bonds. The van der Waals surface area contributed by atoms with E-state index >= 15 is 0 Å². The van der Waals surface area contributed by atoms with Crippen LogP contribution in [-0.2, 0) is 9.59 Å². The molecule has 0 aromatic carbocycles. The Morgan fingerprint density at radius 3 is 1.92 bits per heavy atom. The number of aliphatic carboxylic acids is 2. The summed E-state index contributed by atoms with van der Waals surface area (Å²) in [5.41, 5.74) is 0. The molecule has 0 rings (SSSR count). The Hall–Kier alpha value is 0.900. The predicted molar refractivity (Wildman–Crippen MR) is 39.5 cm³/mol. The van der Waals surface area contributed by atoms with Gasteiger partial charge in [-0.3, -0.25) is 9.59 Å². The van der Waals surface area contributed by atoms with E-state index < -0.39 is 17.9 Å². The van der Waals surface area contributed by atoms with E-state index in [1.165, 1.54) is 0 Å². The summed E-state index contributed by atoms with van der Waals surface area (Å²) in [5.74, 6) is -3.86. The third kappa shape index (κ3) is 9.21. The van der Waals surface area contributed by atoms with Crippen LogP contribution in [0.25, 0.3) is 0 Å². The Morgan fingerprint density at radius 2 is 1.69 bits per heavy atom. The summed E-state index contributed by atoms with van der Waals surface area (Å²) in [6, 6.07) is 0. The Balaban J connectivity index is -0.0000000833. The van der Waals surface area contributed by atoms with E-state index in [1.807, 2.05) is 0 Å². The van der Waals surface area contributed by atoms with Crippen molar-refractivity contribution in [2.24, 2.45) is 5.92 Å². The van der Waals surface area contributed by atoms with E-state index in [2.05, 4.69) is 5.32 Å². The van der Waals surface area contributed by atoms with Crippen LogP contribution in [0.5, 0.6) is 0 Å². The van der Waals surface area contributed by atoms with Gasteiger partial charge in [-0.05, 0) is 20.0 Å². The summed E-state index contributed by atoms with van der Waals surface area (Å²) in [6.45, 7) is 0.392. The molecule has 0 aliphatic heterocycles. The molecule has 0 aliphatic carbocycles. The molecule has 0 unspecified atom stereocenters. The Bertz CT molecular complexity index is 159. The van der Waals surface area contributed by atoms with Crippen molar-refractivity contribution in [2.75, 3.05) is 13.6 Å². The zero-order valence-corrected chi connectivity index (χ0v) is 12.2. The van der Waals surface area contributed by atoms with Gasteiger partial charge in [0.25, 0.3) is 0 Å². The van der Waals surface area contributed by atoms with Gasteiger partial charge in [-0.2, -0.15) is 0 Å². The minimum absolute atomic E-state index is 0. The Labute approximate surface area is 124 Å². The van der Waals surface area contributed by atoms with E-state index in [0.29, 0.717) is 6.54 Å². The maximum absolute atomic E-state index is 10.2. The normalized spacial score (nSPS) is 8.46. The van der Waals surface area contributed by atoms with Gasteiger partial charge in [-0.25, -0.2) is 0 Å². The van der Waals surface area contributed by atoms with E-state index in [1.54, 1.807) is 7.05 Å². The van der Waals surface area contributed by atoms with Crippen LogP contribution in [0.3, 0.4) is 0 Å². The average Bonchev–Trinajstić information content (AvgIpc) is 1.87. The molecular formula is C6H13NNa2O4. The SMILES string of the molecule is CNCCC(C(=O)O)C(=O)O.[H-].[H-].[Na+].[Na+]. The van der Waals surface area contributed by atoms with E-state index in [9.17, 15) is 9.59 Å². The van der Waals surface area contributed by atoms with Crippen LogP contribution in [0, 0.1) is 5.92 Å². The molecular weight excluding hydrogens is 196 g/mol. The van der Waals surface area contributed by atoms with E-state index in [4.69, 9.17) is 10.2 Å². The second-order valence-electron chi connectivity index (χ2n) is 2.12. The van der Waals surface area contributed by atoms with Gasteiger partial charge in [0.05, 0.1) is 0 Å². The van der Waals surface area contributed by atoms with Gasteiger partial charge in [-0.1, -0.05) is 0 Å². The van der Waals surface area contributed by atoms with Gasteiger partial charge in [-0.15, -0.1) is 0 Å². The van der Waals surface area contributed by atoms with Gasteiger partial charge < -0.3 is 18.4 Å². The summed E-state index contributed by atoms with van der Waals surface area (Å²) in [6.07, 6.45) is 0.112. The zero-order chi connectivity index (χ0) is 8.85. The molecule has 0 heterocycles. The smallest absolute Gasteiger partial charge is 1.00 e. The molecule has 3 N–H and O–H groups in total. The van der Waals surface area contributed by atoms with Crippen molar-refractivity contribution in [1.82, 2.24) is 5.32 Å². The molecule has 0 spiro atoms. The third-order valence-electron chi connectivity index (χ3n) is 1.28. The molecule has 0 fully saturated rings. The van der Waals surface area contributed by atoms with Crippen LogP contribution in [-0.4, -0.2) is 35.7 Å². The van der Waals surface area contributed by atoms with Gasteiger partial charge >= 0.3 is 71.1 Å². The number of hydrogen-bond donors (Lipinski definition) is 3. The summed E-state index contributed by atoms with van der Waals surface area (Å²) < 4.78 is 0. The fourth-order valence-corrected chi connectivity index (χ4v) is 0.641. The molecule has 0 radical (unpaired) electrons. The Morgan fingerprint density at radius 1 is 1.31 bits per heavy atom. The second-order valence-corrected chi connectivity index (χ2v) is 2.12. The van der Waals surface area contributed by atoms with Crippen molar-refractivity contribution in [1.29, 1.82) is 0 Å². The minimum Gasteiger partial charge on any atom is -1.00 e. The maximum Gasteiger partial charge on any atom is 1.00 e. The molecule has 0 aliphatic rings. The topological polar surface area (TPSA) is 86.6 Å². The summed E-state index contributed by atoms with van der Waals surface area (Å²) in [7, 11) is 1.64. The fourth-order valence-electron chi connectivity index (χ4n) is 0.641. The number of carbonyl (C=O) groups is 2. The summed E-state index contributed by atoms with van der Waals surface area (Å²) >= 11 is 0. The van der Waals surface area contributed by atoms with Crippen molar-refractivity contribution in [3.05, 3.63) is 0 Å². The van der Waals surface area contributed by atoms with E-state index in [0.717, 1.165) is 0 Å². The van der Waals surface area contributed by atoms with Crippen molar-refractivity contribution < 1.29 is 81.8 Å². The molecule has 5 nitrogen and oxygen atoms in total. The molecule has 0 atom stereocenters. The first-order valence-corrected chi connectivity index (χ1v) is 3.19. The molecule has 0 aromatic rings. The minimum atomic E-state index is -1.29. The van der Waals surface area contributed by atoms with Gasteiger partial charge in [0.2, 0.25) is 0 Å². The fraction of sp³-hybridized carbons (Fsp3) is 0.667. The summed E-state index contributed by atoms with van der Waals surface area (Å²) in [5, 5.41) is 19.4. The Kier molecular flexibility index (Phi) is 16.4. The first-order valence-electron chi connectivity index (χ1n) is 3.19. The van der Waals surface area contributed by atoms with Crippen molar-refractivity contribution in [3.8, 4) is 0 Å². The molecule has 13 heavy (non-hydrogen) atoms. The van der Waals surface area contributed by atoms with Crippen molar-refractivity contribution >= 4 is 11.9 Å². The largest absolute Gasteiger partial charge is 1.00 e. The van der Waals surface area contributed by atoms with Crippen molar-refractivity contribution in [2.45, 2.75) is 6.42 Å². The first kappa shape index (κ1) is 19.5. The molecule has 0 saturated carbocycles. The van der Waals surface area contributed by atoms with Crippen LogP contribution in [0.4, 0.5) is 0 Å². The number of hydrogen-bond acceptors (Lipinski definition) is 3. The van der Waals surface area contributed by atoms with Crippen LogP contribution in [0.1, 0.15) is 9.27 Å². The average molecular weight is 209 g/mol. The molecule has 7 heteroatoms. The van der Waals surface area contributed by atoms with Gasteiger partial charge in [0, 0.05) is 0 Å². The monoisotopic (exact) mass is 209 g/mol. The number of carboxylic acid groups (broad SMARTS) is 2. The maximum atomic E-state index is 10.2.